The summed E-state index contributed by atoms with van der Waals surface area (Å²) in [4.78, 5) is 24.9. The van der Waals surface area contributed by atoms with Gasteiger partial charge in [-0.2, -0.15) is 9.98 Å². The van der Waals surface area contributed by atoms with Gasteiger partial charge in [-0.15, -0.1) is 11.8 Å². The van der Waals surface area contributed by atoms with E-state index in [0.29, 0.717) is 35.3 Å². The van der Waals surface area contributed by atoms with E-state index in [1.54, 1.807) is 37.4 Å². The second-order valence-corrected chi connectivity index (χ2v) is 9.53. The van der Waals surface area contributed by atoms with Crippen molar-refractivity contribution in [2.24, 2.45) is 9.98 Å². The van der Waals surface area contributed by atoms with E-state index in [0.717, 1.165) is 31.0 Å². The first-order valence-electron chi connectivity index (χ1n) is 12.9. The summed E-state index contributed by atoms with van der Waals surface area (Å²) in [6.07, 6.45) is 3.41. The highest BCUT2D eigenvalue weighted by Crippen LogP contribution is 2.31. The summed E-state index contributed by atoms with van der Waals surface area (Å²) in [5, 5.41) is 4.05. The second kappa shape index (κ2) is 14.7. The van der Waals surface area contributed by atoms with Gasteiger partial charge in [-0.05, 0) is 55.9 Å². The summed E-state index contributed by atoms with van der Waals surface area (Å²) in [6, 6.07) is 9.82. The zero-order valence-electron chi connectivity index (χ0n) is 23.2. The molecule has 2 aromatic carbocycles. The molecule has 2 heterocycles. The number of thioether (sulfide) groups is 1. The molecule has 1 fully saturated rings. The average molecular weight is 587 g/mol. The van der Waals surface area contributed by atoms with Crippen LogP contribution in [0.1, 0.15) is 30.7 Å². The van der Waals surface area contributed by atoms with Gasteiger partial charge < -0.3 is 28.2 Å². The van der Waals surface area contributed by atoms with Crippen molar-refractivity contribution in [1.82, 2.24) is 10.1 Å². The van der Waals surface area contributed by atoms with Crippen molar-refractivity contribution in [2.45, 2.75) is 32.5 Å². The summed E-state index contributed by atoms with van der Waals surface area (Å²) in [5.41, 5.74) is 1.27. The van der Waals surface area contributed by atoms with Crippen LogP contribution in [0.3, 0.4) is 0 Å². The van der Waals surface area contributed by atoms with Crippen LogP contribution in [0, 0.1) is 12.7 Å². The first-order valence-corrected chi connectivity index (χ1v) is 14.1. The fourth-order valence-corrected chi connectivity index (χ4v) is 4.43. The van der Waals surface area contributed by atoms with E-state index in [4.69, 9.17) is 28.2 Å². The highest BCUT2D eigenvalue weighted by molar-refractivity contribution is 8.15. The van der Waals surface area contributed by atoms with Gasteiger partial charge in [0, 0.05) is 30.7 Å². The molecule has 1 aromatic heterocycles. The number of nitrogens with zero attached hydrogens (tertiary/aromatic N) is 4. The van der Waals surface area contributed by atoms with Crippen LogP contribution >= 0.6 is 11.8 Å². The predicted octanol–water partition coefficient (Wildman–Crippen LogP) is 5.76. The Kier molecular flexibility index (Phi) is 10.8. The average Bonchev–Trinajstić information content (AvgIpc) is 3.44. The minimum atomic E-state index is -0.855. The molecule has 0 radical (unpaired) electrons. The Hall–Kier alpha value is -3.81. The zero-order valence-corrected chi connectivity index (χ0v) is 24.0. The van der Waals surface area contributed by atoms with Crippen LogP contribution in [0.2, 0.25) is 0 Å². The number of benzene rings is 2. The second-order valence-electron chi connectivity index (χ2n) is 8.74. The van der Waals surface area contributed by atoms with Crippen LogP contribution < -0.4 is 9.47 Å². The van der Waals surface area contributed by atoms with Crippen LogP contribution in [-0.4, -0.2) is 73.6 Å². The monoisotopic (exact) mass is 586 g/mol. The molecule has 3 aromatic rings. The Labute approximate surface area is 241 Å². The van der Waals surface area contributed by atoms with Gasteiger partial charge in [0.1, 0.15) is 23.1 Å². The number of aromatic nitrogens is 2. The Morgan fingerprint density at radius 2 is 1.98 bits per heavy atom. The number of amides is 1. The molecule has 1 amide bonds. The summed E-state index contributed by atoms with van der Waals surface area (Å²) >= 11 is 1.11. The SMILES string of the molecule is COC(=O)N=C(SC)C(=Nc1ccc(-c2noc(C)n2)cc1)c1cc(OC)cc(OCCOC2CCCCO2)c1F. The predicted molar refractivity (Wildman–Crippen MR) is 152 cm³/mol. The molecule has 1 aliphatic heterocycles. The van der Waals surface area contributed by atoms with Gasteiger partial charge in [0.05, 0.1) is 26.5 Å². The minimum absolute atomic E-state index is 0.0192. The number of aliphatic imine (C=N–C) groups is 2. The quantitative estimate of drug-likeness (QED) is 0.164. The van der Waals surface area contributed by atoms with Crippen LogP contribution in [0.15, 0.2) is 50.9 Å². The summed E-state index contributed by atoms with van der Waals surface area (Å²) < 4.78 is 48.2. The van der Waals surface area contributed by atoms with Crippen LogP contribution in [0.4, 0.5) is 14.9 Å². The fraction of sp³-hybridized carbons (Fsp3) is 0.393. The summed E-state index contributed by atoms with van der Waals surface area (Å²) in [5.74, 6) is 0.413. The van der Waals surface area contributed by atoms with E-state index in [-0.39, 0.29) is 41.6 Å². The van der Waals surface area contributed by atoms with E-state index >= 15 is 4.39 Å². The third-order valence-corrected chi connectivity index (χ3v) is 6.61. The maximum absolute atomic E-state index is 16.0. The summed E-state index contributed by atoms with van der Waals surface area (Å²) in [7, 11) is 2.66. The van der Waals surface area contributed by atoms with Gasteiger partial charge in [0.25, 0.3) is 0 Å². The molecule has 218 valence electrons. The smallest absolute Gasteiger partial charge is 0.434 e. The molecule has 0 bridgehead atoms. The van der Waals surface area contributed by atoms with Crippen molar-refractivity contribution in [3.63, 3.8) is 0 Å². The van der Waals surface area contributed by atoms with Crippen LogP contribution in [0.25, 0.3) is 11.4 Å². The number of carbonyl (C=O) groups excluding carboxylic acids is 1. The van der Waals surface area contributed by atoms with Crippen LogP contribution in [-0.2, 0) is 14.2 Å². The molecule has 1 unspecified atom stereocenters. The Morgan fingerprint density at radius 1 is 1.17 bits per heavy atom. The maximum atomic E-state index is 16.0. The lowest BCUT2D eigenvalue weighted by Crippen LogP contribution is -2.24. The van der Waals surface area contributed by atoms with Crippen molar-refractivity contribution >= 4 is 34.3 Å². The molecule has 0 spiro atoms. The van der Waals surface area contributed by atoms with Gasteiger partial charge >= 0.3 is 6.09 Å². The lowest BCUT2D eigenvalue weighted by molar-refractivity contribution is -0.165. The van der Waals surface area contributed by atoms with Gasteiger partial charge in [-0.1, -0.05) is 5.16 Å². The van der Waals surface area contributed by atoms with E-state index in [9.17, 15) is 4.79 Å². The number of carbonyl (C=O) groups is 1. The van der Waals surface area contributed by atoms with Crippen molar-refractivity contribution in [3.8, 4) is 22.9 Å². The maximum Gasteiger partial charge on any atom is 0.434 e. The standard InChI is InChI=1S/C28H31FN4O7S/c1-17-30-26(33-40-17)18-8-10-19(11-9-18)31-25(27(41-4)32-28(34)36-3)21-15-20(35-2)16-22(24(21)29)37-13-14-39-23-7-5-6-12-38-23/h8-11,15-16,23H,5-7,12-14H2,1-4H3. The Balaban J connectivity index is 1.67. The largest absolute Gasteiger partial charge is 0.497 e. The minimum Gasteiger partial charge on any atom is -0.497 e. The molecular formula is C28H31FN4O7S. The van der Waals surface area contributed by atoms with E-state index in [1.165, 1.54) is 26.4 Å². The molecule has 1 atom stereocenters. The molecule has 4 rings (SSSR count). The highest BCUT2D eigenvalue weighted by Gasteiger charge is 2.23. The van der Waals surface area contributed by atoms with E-state index in [1.807, 2.05) is 0 Å². The lowest BCUT2D eigenvalue weighted by atomic mass is 10.1. The first-order chi connectivity index (χ1) is 19.9. The number of rotatable bonds is 10. The fourth-order valence-electron chi connectivity index (χ4n) is 3.92. The molecule has 1 saturated heterocycles. The highest BCUT2D eigenvalue weighted by atomic mass is 32.2. The topological polar surface area (TPSA) is 127 Å². The molecule has 41 heavy (non-hydrogen) atoms. The number of hydrogen-bond acceptors (Lipinski definition) is 11. The Bertz CT molecular complexity index is 1390. The number of halogens is 1. The number of ether oxygens (including phenoxy) is 5. The van der Waals surface area contributed by atoms with Crippen molar-refractivity contribution in [2.75, 3.05) is 40.3 Å². The van der Waals surface area contributed by atoms with Crippen molar-refractivity contribution in [1.29, 1.82) is 0 Å². The van der Waals surface area contributed by atoms with Gasteiger partial charge in [0.15, 0.2) is 17.9 Å². The molecule has 0 aliphatic carbocycles. The molecule has 1 aliphatic rings. The third-order valence-electron chi connectivity index (χ3n) is 5.94. The van der Waals surface area contributed by atoms with Gasteiger partial charge in [0.2, 0.25) is 11.7 Å². The first kappa shape index (κ1) is 30.2. The normalized spacial score (nSPS) is 16.0. The zero-order chi connectivity index (χ0) is 29.2. The lowest BCUT2D eigenvalue weighted by Gasteiger charge is -2.22. The molecule has 13 heteroatoms. The number of methoxy groups -OCH3 is 2. The van der Waals surface area contributed by atoms with E-state index in [2.05, 4.69) is 20.1 Å². The summed E-state index contributed by atoms with van der Waals surface area (Å²) in [6.45, 7) is 2.65. The van der Waals surface area contributed by atoms with Crippen molar-refractivity contribution < 1.29 is 37.4 Å². The third kappa shape index (κ3) is 8.12. The molecular weight excluding hydrogens is 555 g/mol. The molecule has 0 saturated carbocycles. The number of aryl methyl sites for hydroxylation is 1. The van der Waals surface area contributed by atoms with Gasteiger partial charge in [-0.25, -0.2) is 14.2 Å². The van der Waals surface area contributed by atoms with E-state index < -0.39 is 11.9 Å². The Morgan fingerprint density at radius 3 is 2.61 bits per heavy atom. The van der Waals surface area contributed by atoms with Gasteiger partial charge in [-0.3, -0.25) is 0 Å². The molecule has 11 nitrogen and oxygen atoms in total. The van der Waals surface area contributed by atoms with Crippen molar-refractivity contribution in [3.05, 3.63) is 53.7 Å². The molecule has 0 N–H and O–H groups in total. The van der Waals surface area contributed by atoms with Crippen LogP contribution in [0.5, 0.6) is 11.5 Å². The number of hydrogen-bond donors (Lipinski definition) is 0.